The minimum absolute atomic E-state index is 0.0389. The second-order valence-electron chi connectivity index (χ2n) is 6.56. The number of anilines is 2. The first-order chi connectivity index (χ1) is 14.3. The van der Waals surface area contributed by atoms with Crippen LogP contribution in [-0.4, -0.2) is 37.4 Å². The van der Waals surface area contributed by atoms with Gasteiger partial charge in [0.1, 0.15) is 28.9 Å². The fourth-order valence-electron chi connectivity index (χ4n) is 3.13. The zero-order valence-electron chi connectivity index (χ0n) is 15.9. The van der Waals surface area contributed by atoms with E-state index in [9.17, 15) is 17.6 Å². The molecule has 1 aromatic carbocycles. The summed E-state index contributed by atoms with van der Waals surface area (Å²) in [4.78, 5) is 19.3. The van der Waals surface area contributed by atoms with Crippen molar-refractivity contribution in [2.75, 3.05) is 22.8 Å². The Morgan fingerprint density at radius 2 is 2.00 bits per heavy atom. The van der Waals surface area contributed by atoms with E-state index < -0.39 is 15.8 Å². The molecule has 0 saturated heterocycles. The molecule has 3 aromatic rings. The molecule has 0 saturated carbocycles. The third-order valence-corrected chi connectivity index (χ3v) is 6.28. The van der Waals surface area contributed by atoms with Gasteiger partial charge in [0, 0.05) is 24.9 Å². The minimum atomic E-state index is -4.06. The SMILES string of the molecule is CC(=O)Nc1cc(-c2cncc(N3CCOc4ccc(F)cc4S3(=O)=O)c2)ccn1. The second kappa shape index (κ2) is 7.71. The quantitative estimate of drug-likeness (QED) is 0.688. The van der Waals surface area contributed by atoms with Crippen LogP contribution in [0.3, 0.4) is 0 Å². The molecule has 1 amide bonds. The number of nitrogens with zero attached hydrogens (tertiary/aromatic N) is 3. The van der Waals surface area contributed by atoms with E-state index in [2.05, 4.69) is 15.3 Å². The summed E-state index contributed by atoms with van der Waals surface area (Å²) in [6, 6.07) is 8.44. The van der Waals surface area contributed by atoms with Crippen molar-refractivity contribution in [1.29, 1.82) is 0 Å². The van der Waals surface area contributed by atoms with Gasteiger partial charge in [-0.1, -0.05) is 0 Å². The van der Waals surface area contributed by atoms with E-state index in [-0.39, 0.29) is 29.7 Å². The molecule has 0 fully saturated rings. The number of carbonyl (C=O) groups excluding carboxylic acids is 1. The summed E-state index contributed by atoms with van der Waals surface area (Å²) >= 11 is 0. The first-order valence-corrected chi connectivity index (χ1v) is 10.4. The molecule has 0 atom stereocenters. The molecule has 8 nitrogen and oxygen atoms in total. The number of sulfonamides is 1. The number of ether oxygens (including phenoxy) is 1. The zero-order chi connectivity index (χ0) is 21.3. The maximum absolute atomic E-state index is 13.7. The maximum atomic E-state index is 13.7. The zero-order valence-corrected chi connectivity index (χ0v) is 16.7. The fraction of sp³-hybridized carbons (Fsp3) is 0.150. The third-order valence-electron chi connectivity index (χ3n) is 4.43. The lowest BCUT2D eigenvalue weighted by Gasteiger charge is -2.22. The molecule has 0 aliphatic carbocycles. The van der Waals surface area contributed by atoms with Gasteiger partial charge in [-0.2, -0.15) is 0 Å². The van der Waals surface area contributed by atoms with E-state index in [0.29, 0.717) is 22.6 Å². The lowest BCUT2D eigenvalue weighted by Crippen LogP contribution is -2.32. The van der Waals surface area contributed by atoms with Crippen LogP contribution >= 0.6 is 0 Å². The Morgan fingerprint density at radius 1 is 1.17 bits per heavy atom. The smallest absolute Gasteiger partial charge is 0.268 e. The summed E-state index contributed by atoms with van der Waals surface area (Å²) in [6.07, 6.45) is 4.52. The van der Waals surface area contributed by atoms with E-state index >= 15 is 0 Å². The van der Waals surface area contributed by atoms with Gasteiger partial charge >= 0.3 is 0 Å². The third kappa shape index (κ3) is 3.81. The van der Waals surface area contributed by atoms with E-state index in [1.54, 1.807) is 24.4 Å². The monoisotopic (exact) mass is 428 g/mol. The molecule has 0 radical (unpaired) electrons. The average molecular weight is 428 g/mol. The molecule has 2 aromatic heterocycles. The van der Waals surface area contributed by atoms with Gasteiger partial charge in [-0.15, -0.1) is 0 Å². The van der Waals surface area contributed by atoms with E-state index in [1.807, 2.05) is 0 Å². The number of halogens is 1. The minimum Gasteiger partial charge on any atom is -0.490 e. The highest BCUT2D eigenvalue weighted by Crippen LogP contribution is 2.34. The summed E-state index contributed by atoms with van der Waals surface area (Å²) in [5.74, 6) is -0.451. The molecule has 1 aliphatic heterocycles. The molecule has 30 heavy (non-hydrogen) atoms. The lowest BCUT2D eigenvalue weighted by molar-refractivity contribution is -0.114. The molecule has 154 valence electrons. The number of aromatic nitrogens is 2. The van der Waals surface area contributed by atoms with Crippen LogP contribution in [0.25, 0.3) is 11.1 Å². The number of pyridine rings is 2. The van der Waals surface area contributed by atoms with Crippen LogP contribution in [-0.2, 0) is 14.8 Å². The Labute approximate surface area is 172 Å². The molecule has 0 spiro atoms. The van der Waals surface area contributed by atoms with Crippen LogP contribution in [0.4, 0.5) is 15.9 Å². The van der Waals surface area contributed by atoms with Crippen LogP contribution in [0.2, 0.25) is 0 Å². The highest BCUT2D eigenvalue weighted by molar-refractivity contribution is 7.93. The highest BCUT2D eigenvalue weighted by Gasteiger charge is 2.32. The van der Waals surface area contributed by atoms with Crippen molar-refractivity contribution in [3.05, 3.63) is 60.8 Å². The molecule has 0 unspecified atom stereocenters. The van der Waals surface area contributed by atoms with Crippen molar-refractivity contribution in [3.63, 3.8) is 0 Å². The number of hydrogen-bond donors (Lipinski definition) is 1. The lowest BCUT2D eigenvalue weighted by atomic mass is 10.1. The Kier molecular flexibility index (Phi) is 5.08. The number of fused-ring (bicyclic) bond motifs is 1. The molecular formula is C20H17FN4O4S. The van der Waals surface area contributed by atoms with Crippen molar-refractivity contribution in [2.24, 2.45) is 0 Å². The summed E-state index contributed by atoms with van der Waals surface area (Å²) in [5, 5.41) is 2.60. The number of hydrogen-bond acceptors (Lipinski definition) is 6. The van der Waals surface area contributed by atoms with Gasteiger partial charge in [0.2, 0.25) is 5.91 Å². The van der Waals surface area contributed by atoms with Crippen LogP contribution < -0.4 is 14.4 Å². The summed E-state index contributed by atoms with van der Waals surface area (Å²) in [6.45, 7) is 1.52. The second-order valence-corrected chi connectivity index (χ2v) is 8.39. The average Bonchev–Trinajstić information content (AvgIpc) is 2.84. The van der Waals surface area contributed by atoms with Gasteiger partial charge in [-0.05, 0) is 42.0 Å². The van der Waals surface area contributed by atoms with Crippen molar-refractivity contribution in [2.45, 2.75) is 11.8 Å². The van der Waals surface area contributed by atoms with Crippen LogP contribution in [0, 0.1) is 5.82 Å². The number of nitrogens with one attached hydrogen (secondary N) is 1. The van der Waals surface area contributed by atoms with Crippen LogP contribution in [0.5, 0.6) is 5.75 Å². The summed E-state index contributed by atoms with van der Waals surface area (Å²) in [5.41, 5.74) is 1.63. The van der Waals surface area contributed by atoms with Crippen LogP contribution in [0.1, 0.15) is 6.92 Å². The summed E-state index contributed by atoms with van der Waals surface area (Å²) in [7, 11) is -4.06. The predicted octanol–water partition coefficient (Wildman–Crippen LogP) is 2.83. The Balaban J connectivity index is 1.75. The topological polar surface area (TPSA) is 101 Å². The van der Waals surface area contributed by atoms with Gasteiger partial charge < -0.3 is 10.1 Å². The van der Waals surface area contributed by atoms with Gasteiger partial charge in [0.25, 0.3) is 10.0 Å². The first kappa shape index (κ1) is 19.8. The Hall–Kier alpha value is -3.53. The maximum Gasteiger partial charge on any atom is 0.268 e. The number of carbonyl (C=O) groups is 1. The molecular weight excluding hydrogens is 411 g/mol. The van der Waals surface area contributed by atoms with Gasteiger partial charge in [-0.3, -0.25) is 14.1 Å². The van der Waals surface area contributed by atoms with E-state index in [4.69, 9.17) is 4.74 Å². The van der Waals surface area contributed by atoms with Crippen molar-refractivity contribution in [1.82, 2.24) is 9.97 Å². The van der Waals surface area contributed by atoms with Crippen molar-refractivity contribution >= 4 is 27.4 Å². The molecule has 3 heterocycles. The number of rotatable bonds is 3. The molecule has 0 bridgehead atoms. The fourth-order valence-corrected chi connectivity index (χ4v) is 4.70. The number of benzene rings is 1. The van der Waals surface area contributed by atoms with Gasteiger partial charge in [-0.25, -0.2) is 17.8 Å². The number of amides is 1. The summed E-state index contributed by atoms with van der Waals surface area (Å²) < 4.78 is 46.8. The molecule has 1 aliphatic rings. The van der Waals surface area contributed by atoms with Crippen molar-refractivity contribution < 1.29 is 22.3 Å². The highest BCUT2D eigenvalue weighted by atomic mass is 32.2. The molecule has 4 rings (SSSR count). The normalized spacial score (nSPS) is 14.9. The van der Waals surface area contributed by atoms with E-state index in [0.717, 1.165) is 16.4 Å². The molecule has 10 heteroatoms. The Morgan fingerprint density at radius 3 is 2.80 bits per heavy atom. The molecule has 1 N–H and O–H groups in total. The predicted molar refractivity (Wildman–Crippen MR) is 108 cm³/mol. The standard InChI is InChI=1S/C20H17FN4O4S/c1-13(26)24-20-9-14(4-5-23-20)15-8-17(12-22-11-15)25-6-7-29-18-3-2-16(21)10-19(18)30(25,27)28/h2-5,8-12H,6-7H2,1H3,(H,23,24,26). The van der Waals surface area contributed by atoms with Gasteiger partial charge in [0.15, 0.2) is 0 Å². The van der Waals surface area contributed by atoms with Gasteiger partial charge in [0.05, 0.1) is 18.4 Å². The van der Waals surface area contributed by atoms with E-state index in [1.165, 1.54) is 25.4 Å². The Bertz CT molecular complexity index is 1230. The first-order valence-electron chi connectivity index (χ1n) is 8.99. The van der Waals surface area contributed by atoms with Crippen molar-refractivity contribution in [3.8, 4) is 16.9 Å². The largest absolute Gasteiger partial charge is 0.490 e. The van der Waals surface area contributed by atoms with Crippen LogP contribution in [0.15, 0.2) is 59.9 Å².